The van der Waals surface area contributed by atoms with Crippen LogP contribution in [0.2, 0.25) is 0 Å². The van der Waals surface area contributed by atoms with E-state index in [2.05, 4.69) is 31.1 Å². The van der Waals surface area contributed by atoms with E-state index in [1.165, 1.54) is 11.8 Å². The maximum atomic E-state index is 8.30. The second kappa shape index (κ2) is 4.65. The Hall–Kier alpha value is -1.31. The fourth-order valence-electron chi connectivity index (χ4n) is 1.28. The number of nitrogens with zero attached hydrogens (tertiary/aromatic N) is 1. The monoisotopic (exact) mass is 177 g/mol. The molecule has 0 saturated carbocycles. The molecular weight excluding hydrogens is 162 g/mol. The lowest BCUT2D eigenvalue weighted by atomic mass is 10.0. The first-order chi connectivity index (χ1) is 6.22. The second-order valence-electron chi connectivity index (χ2n) is 3.58. The van der Waals surface area contributed by atoms with Crippen molar-refractivity contribution in [2.45, 2.75) is 20.3 Å². The van der Waals surface area contributed by atoms with Crippen LogP contribution in [-0.4, -0.2) is 11.4 Å². The Kier molecular flexibility index (Phi) is 3.50. The molecule has 1 aromatic carbocycles. The van der Waals surface area contributed by atoms with Crippen LogP contribution in [0.15, 0.2) is 29.4 Å². The molecule has 70 valence electrons. The van der Waals surface area contributed by atoms with Crippen molar-refractivity contribution in [1.82, 2.24) is 0 Å². The highest BCUT2D eigenvalue weighted by molar-refractivity contribution is 5.78. The van der Waals surface area contributed by atoms with Crippen molar-refractivity contribution in [2.24, 2.45) is 11.1 Å². The molecule has 0 unspecified atom stereocenters. The van der Waals surface area contributed by atoms with Crippen molar-refractivity contribution >= 4 is 6.21 Å². The molecule has 0 aliphatic heterocycles. The summed E-state index contributed by atoms with van der Waals surface area (Å²) >= 11 is 0. The van der Waals surface area contributed by atoms with Crippen molar-refractivity contribution in [3.8, 4) is 0 Å². The molecule has 0 atom stereocenters. The molecule has 0 radical (unpaired) electrons. The molecule has 13 heavy (non-hydrogen) atoms. The minimum absolute atomic E-state index is 0.678. The number of rotatable bonds is 3. The second-order valence-corrected chi connectivity index (χ2v) is 3.58. The van der Waals surface area contributed by atoms with Crippen LogP contribution in [0, 0.1) is 5.92 Å². The summed E-state index contributed by atoms with van der Waals surface area (Å²) in [4.78, 5) is 0. The molecule has 1 rings (SSSR count). The number of hydrogen-bond donors (Lipinski definition) is 1. The van der Waals surface area contributed by atoms with Gasteiger partial charge in [0.25, 0.3) is 0 Å². The average Bonchev–Trinajstić information content (AvgIpc) is 2.08. The molecule has 0 heterocycles. The van der Waals surface area contributed by atoms with Crippen LogP contribution in [0.3, 0.4) is 0 Å². The number of oxime groups is 1. The van der Waals surface area contributed by atoms with E-state index in [9.17, 15) is 0 Å². The van der Waals surface area contributed by atoms with Crippen molar-refractivity contribution in [2.75, 3.05) is 0 Å². The summed E-state index contributed by atoms with van der Waals surface area (Å²) in [7, 11) is 0. The van der Waals surface area contributed by atoms with Crippen LogP contribution in [0.25, 0.3) is 0 Å². The fourth-order valence-corrected chi connectivity index (χ4v) is 1.28. The van der Waals surface area contributed by atoms with Gasteiger partial charge in [0.1, 0.15) is 0 Å². The molecule has 0 aromatic heterocycles. The molecule has 0 amide bonds. The van der Waals surface area contributed by atoms with E-state index in [1.54, 1.807) is 0 Å². The molecular formula is C11H15NO. The highest BCUT2D eigenvalue weighted by Gasteiger charge is 1.96. The maximum Gasteiger partial charge on any atom is 0.0733 e. The van der Waals surface area contributed by atoms with Gasteiger partial charge >= 0.3 is 0 Å². The Labute approximate surface area is 78.9 Å². The Balaban J connectivity index is 2.69. The zero-order valence-electron chi connectivity index (χ0n) is 8.07. The SMILES string of the molecule is CC(C)Cc1ccc(/C=N/O)cc1. The number of hydrogen-bond acceptors (Lipinski definition) is 2. The molecule has 0 aliphatic carbocycles. The summed E-state index contributed by atoms with van der Waals surface area (Å²) in [5.74, 6) is 0.678. The van der Waals surface area contributed by atoms with Gasteiger partial charge in [0.15, 0.2) is 0 Å². The molecule has 1 N–H and O–H groups in total. The largest absolute Gasteiger partial charge is 0.411 e. The maximum absolute atomic E-state index is 8.30. The molecule has 2 heteroatoms. The minimum atomic E-state index is 0.678. The minimum Gasteiger partial charge on any atom is -0.411 e. The number of benzene rings is 1. The normalized spacial score (nSPS) is 11.3. The van der Waals surface area contributed by atoms with E-state index in [0.717, 1.165) is 12.0 Å². The standard InChI is InChI=1S/C11H15NO/c1-9(2)7-10-3-5-11(6-4-10)8-12-13/h3-6,8-9,13H,7H2,1-2H3/b12-8+. The quantitative estimate of drug-likeness (QED) is 0.429. The fraction of sp³-hybridized carbons (Fsp3) is 0.364. The first kappa shape index (κ1) is 9.78. The lowest BCUT2D eigenvalue weighted by Crippen LogP contribution is -1.93. The van der Waals surface area contributed by atoms with Gasteiger partial charge in [0, 0.05) is 0 Å². The highest BCUT2D eigenvalue weighted by atomic mass is 16.4. The Morgan fingerprint density at radius 1 is 1.31 bits per heavy atom. The summed E-state index contributed by atoms with van der Waals surface area (Å²) in [5, 5.41) is 11.3. The zero-order valence-corrected chi connectivity index (χ0v) is 8.07. The summed E-state index contributed by atoms with van der Waals surface area (Å²) < 4.78 is 0. The lowest BCUT2D eigenvalue weighted by Gasteiger charge is -2.04. The summed E-state index contributed by atoms with van der Waals surface area (Å²) in [6, 6.07) is 8.04. The third-order valence-electron chi connectivity index (χ3n) is 1.83. The van der Waals surface area contributed by atoms with Gasteiger partial charge in [-0.1, -0.05) is 43.3 Å². The van der Waals surface area contributed by atoms with Crippen LogP contribution in [-0.2, 0) is 6.42 Å². The van der Waals surface area contributed by atoms with Gasteiger partial charge in [-0.3, -0.25) is 0 Å². The smallest absolute Gasteiger partial charge is 0.0733 e. The van der Waals surface area contributed by atoms with E-state index < -0.39 is 0 Å². The third-order valence-corrected chi connectivity index (χ3v) is 1.83. The molecule has 0 spiro atoms. The molecule has 0 aliphatic rings. The van der Waals surface area contributed by atoms with Crippen molar-refractivity contribution in [3.63, 3.8) is 0 Å². The van der Waals surface area contributed by atoms with Crippen molar-refractivity contribution < 1.29 is 5.21 Å². The Bertz CT molecular complexity index is 275. The predicted octanol–water partition coefficient (Wildman–Crippen LogP) is 2.69. The van der Waals surface area contributed by atoms with E-state index >= 15 is 0 Å². The van der Waals surface area contributed by atoms with Gasteiger partial charge in [-0.25, -0.2) is 0 Å². The van der Waals surface area contributed by atoms with Crippen molar-refractivity contribution in [1.29, 1.82) is 0 Å². The predicted molar refractivity (Wildman–Crippen MR) is 54.4 cm³/mol. The first-order valence-electron chi connectivity index (χ1n) is 4.48. The van der Waals surface area contributed by atoms with E-state index in [0.29, 0.717) is 5.92 Å². The van der Waals surface area contributed by atoms with Crippen LogP contribution in [0.4, 0.5) is 0 Å². The average molecular weight is 177 g/mol. The van der Waals surface area contributed by atoms with Crippen molar-refractivity contribution in [3.05, 3.63) is 35.4 Å². The van der Waals surface area contributed by atoms with Crippen LogP contribution in [0.5, 0.6) is 0 Å². The summed E-state index contributed by atoms with van der Waals surface area (Å²) in [5.41, 5.74) is 2.25. The van der Waals surface area contributed by atoms with Gasteiger partial charge in [-0.15, -0.1) is 0 Å². The third kappa shape index (κ3) is 3.28. The van der Waals surface area contributed by atoms with Crippen LogP contribution >= 0.6 is 0 Å². The van der Waals surface area contributed by atoms with Gasteiger partial charge in [0.2, 0.25) is 0 Å². The summed E-state index contributed by atoms with van der Waals surface area (Å²) in [6.07, 6.45) is 2.52. The van der Waals surface area contributed by atoms with E-state index in [-0.39, 0.29) is 0 Å². The first-order valence-corrected chi connectivity index (χ1v) is 4.48. The highest BCUT2D eigenvalue weighted by Crippen LogP contribution is 2.08. The molecule has 2 nitrogen and oxygen atoms in total. The van der Waals surface area contributed by atoms with E-state index in [1.807, 2.05) is 12.1 Å². The topological polar surface area (TPSA) is 32.6 Å². The molecule has 0 fully saturated rings. The van der Waals surface area contributed by atoms with Gasteiger partial charge in [0.05, 0.1) is 6.21 Å². The molecule has 1 aromatic rings. The van der Waals surface area contributed by atoms with Gasteiger partial charge in [-0.2, -0.15) is 0 Å². The van der Waals surface area contributed by atoms with Gasteiger partial charge in [-0.05, 0) is 23.5 Å². The molecule has 0 bridgehead atoms. The van der Waals surface area contributed by atoms with E-state index in [4.69, 9.17) is 5.21 Å². The lowest BCUT2D eigenvalue weighted by molar-refractivity contribution is 0.322. The summed E-state index contributed by atoms with van der Waals surface area (Å²) in [6.45, 7) is 4.40. The molecule has 0 saturated heterocycles. The van der Waals surface area contributed by atoms with Crippen LogP contribution in [0.1, 0.15) is 25.0 Å². The zero-order chi connectivity index (χ0) is 9.68. The Morgan fingerprint density at radius 3 is 2.38 bits per heavy atom. The van der Waals surface area contributed by atoms with Gasteiger partial charge < -0.3 is 5.21 Å². The van der Waals surface area contributed by atoms with Crippen LogP contribution < -0.4 is 0 Å². The Morgan fingerprint density at radius 2 is 1.92 bits per heavy atom.